The molecule has 1 amide bonds. The lowest BCUT2D eigenvalue weighted by atomic mass is 10.1. The molecular formula is C18H25N3O2. The number of azo groups is 1. The van der Waals surface area contributed by atoms with Crippen LogP contribution in [0.1, 0.15) is 51.0 Å². The quantitative estimate of drug-likeness (QED) is 0.566. The van der Waals surface area contributed by atoms with Crippen LogP contribution in [0.15, 0.2) is 28.4 Å². The second-order valence-corrected chi connectivity index (χ2v) is 6.01. The van der Waals surface area contributed by atoms with Gasteiger partial charge in [0.25, 0.3) is 5.91 Å². The molecule has 0 spiro atoms. The fourth-order valence-electron chi connectivity index (χ4n) is 2.66. The number of carbonyl (C=O) groups is 1. The number of hydrogen-bond donors (Lipinski definition) is 1. The Hall–Kier alpha value is -2.17. The van der Waals surface area contributed by atoms with Gasteiger partial charge in [0.15, 0.2) is 5.69 Å². The van der Waals surface area contributed by atoms with Gasteiger partial charge >= 0.3 is 0 Å². The first kappa shape index (κ1) is 17.2. The topological polar surface area (TPSA) is 66.9 Å². The van der Waals surface area contributed by atoms with E-state index in [-0.39, 0.29) is 11.8 Å². The van der Waals surface area contributed by atoms with E-state index in [4.69, 9.17) is 0 Å². The van der Waals surface area contributed by atoms with Gasteiger partial charge in [0.1, 0.15) is 0 Å². The van der Waals surface area contributed by atoms with E-state index in [0.717, 1.165) is 35.7 Å². The molecule has 23 heavy (non-hydrogen) atoms. The standard InChI is InChI=1S/C18H25N3O2/c1-4-5-6-7-8-9-16(22)19-20-17-14-12-13(2)10-11-15(14)21(3)18(17)23/h10-12,23H,4-9H2,1-3H3. The van der Waals surface area contributed by atoms with Crippen molar-refractivity contribution in [3.8, 4) is 5.88 Å². The molecule has 2 aromatic rings. The van der Waals surface area contributed by atoms with Gasteiger partial charge in [0.2, 0.25) is 5.88 Å². The summed E-state index contributed by atoms with van der Waals surface area (Å²) in [7, 11) is 1.77. The van der Waals surface area contributed by atoms with E-state index in [1.165, 1.54) is 12.8 Å². The lowest BCUT2D eigenvalue weighted by Crippen LogP contribution is -1.91. The lowest BCUT2D eigenvalue weighted by molar-refractivity contribution is -0.118. The Bertz CT molecular complexity index is 717. The number of fused-ring (bicyclic) bond motifs is 1. The molecule has 5 nitrogen and oxygen atoms in total. The zero-order chi connectivity index (χ0) is 16.8. The number of benzene rings is 1. The maximum absolute atomic E-state index is 11.8. The molecule has 1 aromatic heterocycles. The minimum atomic E-state index is -0.231. The Morgan fingerprint density at radius 2 is 1.96 bits per heavy atom. The van der Waals surface area contributed by atoms with Crippen LogP contribution in [0.2, 0.25) is 0 Å². The summed E-state index contributed by atoms with van der Waals surface area (Å²) in [5.74, 6) is -0.198. The second-order valence-electron chi connectivity index (χ2n) is 6.01. The van der Waals surface area contributed by atoms with E-state index in [1.54, 1.807) is 11.6 Å². The van der Waals surface area contributed by atoms with Crippen LogP contribution in [-0.2, 0) is 11.8 Å². The first-order valence-corrected chi connectivity index (χ1v) is 8.27. The van der Waals surface area contributed by atoms with E-state index in [0.29, 0.717) is 12.1 Å². The monoisotopic (exact) mass is 315 g/mol. The van der Waals surface area contributed by atoms with Crippen molar-refractivity contribution in [2.45, 2.75) is 52.4 Å². The molecule has 0 saturated carbocycles. The van der Waals surface area contributed by atoms with Crippen molar-refractivity contribution in [2.24, 2.45) is 17.3 Å². The van der Waals surface area contributed by atoms with Crippen LogP contribution in [0.4, 0.5) is 5.69 Å². The van der Waals surface area contributed by atoms with Crippen molar-refractivity contribution < 1.29 is 9.90 Å². The van der Waals surface area contributed by atoms with Crippen LogP contribution >= 0.6 is 0 Å². The number of rotatable bonds is 7. The largest absolute Gasteiger partial charge is 0.493 e. The number of amides is 1. The van der Waals surface area contributed by atoms with Crippen molar-refractivity contribution in [1.82, 2.24) is 4.57 Å². The Labute approximate surface area is 137 Å². The highest BCUT2D eigenvalue weighted by Crippen LogP contribution is 2.38. The smallest absolute Gasteiger partial charge is 0.264 e. The molecule has 1 aromatic carbocycles. The first-order chi connectivity index (χ1) is 11.0. The third kappa shape index (κ3) is 4.18. The van der Waals surface area contributed by atoms with Crippen LogP contribution in [0.5, 0.6) is 5.88 Å². The van der Waals surface area contributed by atoms with Crippen LogP contribution in [0.25, 0.3) is 10.9 Å². The fraction of sp³-hybridized carbons (Fsp3) is 0.500. The molecule has 2 rings (SSSR count). The fourth-order valence-corrected chi connectivity index (χ4v) is 2.66. The normalized spacial score (nSPS) is 11.6. The molecule has 0 aliphatic rings. The molecule has 0 aliphatic heterocycles. The molecule has 0 unspecified atom stereocenters. The average Bonchev–Trinajstić information content (AvgIpc) is 2.76. The van der Waals surface area contributed by atoms with Gasteiger partial charge in [0.05, 0.1) is 5.52 Å². The van der Waals surface area contributed by atoms with E-state index < -0.39 is 0 Å². The van der Waals surface area contributed by atoms with Gasteiger partial charge in [-0.25, -0.2) is 0 Å². The molecular weight excluding hydrogens is 290 g/mol. The summed E-state index contributed by atoms with van der Waals surface area (Å²) < 4.78 is 1.65. The molecule has 1 heterocycles. The highest BCUT2D eigenvalue weighted by atomic mass is 16.3. The number of unbranched alkanes of at least 4 members (excludes halogenated alkanes) is 4. The van der Waals surface area contributed by atoms with E-state index >= 15 is 0 Å². The Morgan fingerprint density at radius 3 is 2.70 bits per heavy atom. The zero-order valence-electron chi connectivity index (χ0n) is 14.2. The summed E-state index contributed by atoms with van der Waals surface area (Å²) in [6.07, 6.45) is 5.86. The van der Waals surface area contributed by atoms with Crippen molar-refractivity contribution in [1.29, 1.82) is 0 Å². The molecule has 5 heteroatoms. The summed E-state index contributed by atoms with van der Waals surface area (Å²) >= 11 is 0. The molecule has 0 atom stereocenters. The Balaban J connectivity index is 2.07. The predicted molar refractivity (Wildman–Crippen MR) is 92.2 cm³/mol. The highest BCUT2D eigenvalue weighted by Gasteiger charge is 2.14. The minimum Gasteiger partial charge on any atom is -0.493 e. The number of carbonyl (C=O) groups excluding carboxylic acids is 1. The maximum Gasteiger partial charge on any atom is 0.264 e. The summed E-state index contributed by atoms with van der Waals surface area (Å²) in [4.78, 5) is 11.8. The summed E-state index contributed by atoms with van der Waals surface area (Å²) in [5, 5.41) is 18.8. The Morgan fingerprint density at radius 1 is 1.22 bits per heavy atom. The van der Waals surface area contributed by atoms with Gasteiger partial charge in [-0.3, -0.25) is 4.79 Å². The molecule has 0 aliphatic carbocycles. The van der Waals surface area contributed by atoms with Crippen LogP contribution in [0, 0.1) is 6.92 Å². The van der Waals surface area contributed by atoms with Crippen molar-refractivity contribution in [3.05, 3.63) is 23.8 Å². The van der Waals surface area contributed by atoms with Crippen molar-refractivity contribution in [2.75, 3.05) is 0 Å². The molecule has 1 N–H and O–H groups in total. The van der Waals surface area contributed by atoms with Gasteiger partial charge in [-0.05, 0) is 25.5 Å². The maximum atomic E-state index is 11.8. The number of hydrogen-bond acceptors (Lipinski definition) is 3. The van der Waals surface area contributed by atoms with Gasteiger partial charge in [0, 0.05) is 18.9 Å². The lowest BCUT2D eigenvalue weighted by Gasteiger charge is -1.97. The molecule has 0 bridgehead atoms. The number of aromatic nitrogens is 1. The Kier molecular flexibility index (Phi) is 5.90. The summed E-state index contributed by atoms with van der Waals surface area (Å²) in [6, 6.07) is 5.85. The second kappa shape index (κ2) is 7.90. The van der Waals surface area contributed by atoms with Gasteiger partial charge < -0.3 is 9.67 Å². The first-order valence-electron chi connectivity index (χ1n) is 8.27. The van der Waals surface area contributed by atoms with E-state index in [1.807, 2.05) is 25.1 Å². The van der Waals surface area contributed by atoms with Gasteiger partial charge in [-0.15, -0.1) is 10.2 Å². The summed E-state index contributed by atoms with van der Waals surface area (Å²) in [6.45, 7) is 4.14. The minimum absolute atomic E-state index is 0.0325. The van der Waals surface area contributed by atoms with E-state index in [2.05, 4.69) is 17.2 Å². The highest BCUT2D eigenvalue weighted by molar-refractivity contribution is 5.95. The number of aromatic hydroxyl groups is 1. The van der Waals surface area contributed by atoms with Crippen molar-refractivity contribution in [3.63, 3.8) is 0 Å². The number of nitrogens with zero attached hydrogens (tertiary/aromatic N) is 3. The average molecular weight is 315 g/mol. The predicted octanol–water partition coefficient (Wildman–Crippen LogP) is 5.16. The van der Waals surface area contributed by atoms with Crippen LogP contribution in [0.3, 0.4) is 0 Å². The van der Waals surface area contributed by atoms with Gasteiger partial charge in [-0.1, -0.05) is 44.2 Å². The third-order valence-electron chi connectivity index (χ3n) is 4.05. The molecule has 0 saturated heterocycles. The van der Waals surface area contributed by atoms with E-state index in [9.17, 15) is 9.90 Å². The molecule has 0 fully saturated rings. The molecule has 124 valence electrons. The zero-order valence-corrected chi connectivity index (χ0v) is 14.2. The van der Waals surface area contributed by atoms with Crippen LogP contribution in [-0.4, -0.2) is 15.6 Å². The number of aryl methyl sites for hydroxylation is 2. The SMILES string of the molecule is CCCCCCCC(=O)N=Nc1c(O)n(C)c2ccc(C)cc12. The third-order valence-corrected chi connectivity index (χ3v) is 4.05. The van der Waals surface area contributed by atoms with Gasteiger partial charge in [-0.2, -0.15) is 0 Å². The molecule has 0 radical (unpaired) electrons. The van der Waals surface area contributed by atoms with Crippen LogP contribution < -0.4 is 0 Å². The van der Waals surface area contributed by atoms with Crippen molar-refractivity contribution >= 4 is 22.5 Å². The summed E-state index contributed by atoms with van der Waals surface area (Å²) in [5.41, 5.74) is 2.31.